The summed E-state index contributed by atoms with van der Waals surface area (Å²) in [6.07, 6.45) is 10.1. The first-order valence-electron chi connectivity index (χ1n) is 8.05. The average Bonchev–Trinajstić information content (AvgIpc) is 2.34. The summed E-state index contributed by atoms with van der Waals surface area (Å²) < 4.78 is 22.7. The quantitative estimate of drug-likeness (QED) is 0.782. The van der Waals surface area contributed by atoms with Gasteiger partial charge >= 0.3 is 0 Å². The van der Waals surface area contributed by atoms with E-state index in [0.717, 1.165) is 13.0 Å². The highest BCUT2D eigenvalue weighted by Crippen LogP contribution is 2.21. The molecule has 120 valence electrons. The Bertz CT molecular complexity index is 355. The van der Waals surface area contributed by atoms with Crippen LogP contribution in [0.5, 0.6) is 0 Å². The van der Waals surface area contributed by atoms with Gasteiger partial charge in [-0.3, -0.25) is 0 Å². The summed E-state index contributed by atoms with van der Waals surface area (Å²) in [5.41, 5.74) is 0. The van der Waals surface area contributed by atoms with Crippen LogP contribution >= 0.6 is 0 Å². The van der Waals surface area contributed by atoms with E-state index >= 15 is 0 Å². The van der Waals surface area contributed by atoms with Crippen LogP contribution in [0.25, 0.3) is 0 Å². The molecule has 0 aliphatic heterocycles. The largest absolute Gasteiger partial charge is 0.312 e. The molecule has 0 bridgehead atoms. The molecule has 0 aromatic carbocycles. The highest BCUT2D eigenvalue weighted by molar-refractivity contribution is 7.90. The van der Waals surface area contributed by atoms with Gasteiger partial charge in [0.25, 0.3) is 0 Å². The molecule has 5 heteroatoms. The van der Waals surface area contributed by atoms with Crippen molar-refractivity contribution in [3.8, 4) is 0 Å². The van der Waals surface area contributed by atoms with E-state index in [9.17, 15) is 8.42 Å². The molecule has 0 spiro atoms. The van der Waals surface area contributed by atoms with E-state index in [0.29, 0.717) is 18.6 Å². The second-order valence-electron chi connectivity index (χ2n) is 6.23. The van der Waals surface area contributed by atoms with Gasteiger partial charge < -0.3 is 10.2 Å². The predicted molar refractivity (Wildman–Crippen MR) is 85.9 cm³/mol. The number of hydrogen-bond donors (Lipinski definition) is 1. The monoisotopic (exact) mass is 304 g/mol. The molecule has 0 saturated heterocycles. The minimum absolute atomic E-state index is 0.264. The van der Waals surface area contributed by atoms with Crippen LogP contribution < -0.4 is 5.32 Å². The summed E-state index contributed by atoms with van der Waals surface area (Å²) in [7, 11) is -0.789. The van der Waals surface area contributed by atoms with Gasteiger partial charge in [0.15, 0.2) is 0 Å². The summed E-state index contributed by atoms with van der Waals surface area (Å²) in [4.78, 5) is 2.26. The highest BCUT2D eigenvalue weighted by atomic mass is 32.2. The molecule has 2 unspecified atom stereocenters. The average molecular weight is 304 g/mol. The van der Waals surface area contributed by atoms with E-state index in [1.54, 1.807) is 0 Å². The lowest BCUT2D eigenvalue weighted by Crippen LogP contribution is -2.50. The van der Waals surface area contributed by atoms with E-state index in [1.807, 2.05) is 0 Å². The molecule has 20 heavy (non-hydrogen) atoms. The molecule has 1 rings (SSSR count). The van der Waals surface area contributed by atoms with Crippen LogP contribution in [0.3, 0.4) is 0 Å². The standard InChI is InChI=1S/C15H32N2O2S/c1-4-11-16-14-9-7-5-6-8-10-15(14)17(2)12-13-20(3,18)19/h14-16H,4-13H2,1-3H3. The number of nitrogens with zero attached hydrogens (tertiary/aromatic N) is 1. The Morgan fingerprint density at radius 1 is 1.15 bits per heavy atom. The molecular weight excluding hydrogens is 272 g/mol. The van der Waals surface area contributed by atoms with Crippen LogP contribution in [0, 0.1) is 0 Å². The van der Waals surface area contributed by atoms with Gasteiger partial charge in [0, 0.05) is 24.9 Å². The van der Waals surface area contributed by atoms with E-state index < -0.39 is 9.84 Å². The molecule has 2 atom stereocenters. The summed E-state index contributed by atoms with van der Waals surface area (Å²) in [5.74, 6) is 0.264. The lowest BCUT2D eigenvalue weighted by molar-refractivity contribution is 0.170. The maximum atomic E-state index is 11.4. The number of nitrogens with one attached hydrogen (secondary N) is 1. The van der Waals surface area contributed by atoms with Crippen LogP contribution in [0.1, 0.15) is 51.9 Å². The maximum absolute atomic E-state index is 11.4. The van der Waals surface area contributed by atoms with Crippen LogP contribution in [-0.4, -0.2) is 57.5 Å². The number of likely N-dealkylation sites (N-methyl/N-ethyl adjacent to an activating group) is 1. The molecular formula is C15H32N2O2S. The minimum Gasteiger partial charge on any atom is -0.312 e. The van der Waals surface area contributed by atoms with Gasteiger partial charge in [-0.15, -0.1) is 0 Å². The van der Waals surface area contributed by atoms with Gasteiger partial charge in [-0.05, 0) is 32.9 Å². The third-order valence-electron chi connectivity index (χ3n) is 4.27. The number of rotatable bonds is 7. The molecule has 0 amide bonds. The maximum Gasteiger partial charge on any atom is 0.148 e. The van der Waals surface area contributed by atoms with Gasteiger partial charge in [-0.2, -0.15) is 0 Å². The van der Waals surface area contributed by atoms with Crippen LogP contribution in [0.4, 0.5) is 0 Å². The third-order valence-corrected chi connectivity index (χ3v) is 5.19. The smallest absolute Gasteiger partial charge is 0.148 e. The van der Waals surface area contributed by atoms with Crippen molar-refractivity contribution in [2.75, 3.05) is 32.1 Å². The van der Waals surface area contributed by atoms with Crippen molar-refractivity contribution in [3.05, 3.63) is 0 Å². The lowest BCUT2D eigenvalue weighted by atomic mass is 9.91. The Balaban J connectivity index is 2.61. The molecule has 0 aromatic heterocycles. The topological polar surface area (TPSA) is 49.4 Å². The zero-order chi connectivity index (χ0) is 15.0. The molecule has 1 N–H and O–H groups in total. The third kappa shape index (κ3) is 7.04. The lowest BCUT2D eigenvalue weighted by Gasteiger charge is -2.36. The SMILES string of the molecule is CCCNC1CCCCCCC1N(C)CCS(C)(=O)=O. The Kier molecular flexibility index (Phi) is 8.07. The second kappa shape index (κ2) is 9.00. The minimum atomic E-state index is -2.87. The highest BCUT2D eigenvalue weighted by Gasteiger charge is 2.26. The fraction of sp³-hybridized carbons (Fsp3) is 1.00. The first kappa shape index (κ1) is 17.9. The van der Waals surface area contributed by atoms with Crippen LogP contribution in [-0.2, 0) is 9.84 Å². The van der Waals surface area contributed by atoms with E-state index in [4.69, 9.17) is 0 Å². The fourth-order valence-corrected chi connectivity index (χ4v) is 3.66. The number of hydrogen-bond acceptors (Lipinski definition) is 4. The first-order valence-corrected chi connectivity index (χ1v) is 10.1. The van der Waals surface area contributed by atoms with Crippen LogP contribution in [0.2, 0.25) is 0 Å². The summed E-state index contributed by atoms with van der Waals surface area (Å²) in [6, 6.07) is 0.989. The molecule has 1 fully saturated rings. The Labute approximate surface area is 125 Å². The van der Waals surface area contributed by atoms with Gasteiger partial charge in [-0.25, -0.2) is 8.42 Å². The Morgan fingerprint density at radius 3 is 2.40 bits per heavy atom. The molecule has 1 aliphatic rings. The second-order valence-corrected chi connectivity index (χ2v) is 8.49. The molecule has 0 heterocycles. The van der Waals surface area contributed by atoms with E-state index in [1.165, 1.54) is 44.8 Å². The van der Waals surface area contributed by atoms with Crippen molar-refractivity contribution in [1.29, 1.82) is 0 Å². The van der Waals surface area contributed by atoms with E-state index in [-0.39, 0.29) is 5.75 Å². The summed E-state index contributed by atoms with van der Waals surface area (Å²) in [5, 5.41) is 3.68. The molecule has 4 nitrogen and oxygen atoms in total. The zero-order valence-electron chi connectivity index (χ0n) is 13.4. The first-order chi connectivity index (χ1) is 9.44. The van der Waals surface area contributed by atoms with Crippen molar-refractivity contribution < 1.29 is 8.42 Å². The fourth-order valence-electron chi connectivity index (χ4n) is 3.04. The normalized spacial score (nSPS) is 25.4. The summed E-state index contributed by atoms with van der Waals surface area (Å²) >= 11 is 0. The predicted octanol–water partition coefficient (Wildman–Crippen LogP) is 2.05. The molecule has 0 radical (unpaired) electrons. The van der Waals surface area contributed by atoms with Crippen molar-refractivity contribution >= 4 is 9.84 Å². The van der Waals surface area contributed by atoms with Crippen molar-refractivity contribution in [2.24, 2.45) is 0 Å². The van der Waals surface area contributed by atoms with Crippen molar-refractivity contribution in [1.82, 2.24) is 10.2 Å². The van der Waals surface area contributed by atoms with Crippen molar-refractivity contribution in [3.63, 3.8) is 0 Å². The van der Waals surface area contributed by atoms with Gasteiger partial charge in [0.05, 0.1) is 5.75 Å². The van der Waals surface area contributed by atoms with Crippen molar-refractivity contribution in [2.45, 2.75) is 64.0 Å². The molecule has 1 aliphatic carbocycles. The number of sulfone groups is 1. The Morgan fingerprint density at radius 2 is 1.80 bits per heavy atom. The van der Waals surface area contributed by atoms with Gasteiger partial charge in [0.2, 0.25) is 0 Å². The summed E-state index contributed by atoms with van der Waals surface area (Å²) in [6.45, 7) is 3.90. The van der Waals surface area contributed by atoms with E-state index in [2.05, 4.69) is 24.2 Å². The zero-order valence-corrected chi connectivity index (χ0v) is 14.2. The van der Waals surface area contributed by atoms with Crippen LogP contribution in [0.15, 0.2) is 0 Å². The van der Waals surface area contributed by atoms with Gasteiger partial charge in [-0.1, -0.05) is 32.6 Å². The Hall–Kier alpha value is -0.130. The molecule has 1 saturated carbocycles. The molecule has 0 aromatic rings. The van der Waals surface area contributed by atoms with Gasteiger partial charge in [0.1, 0.15) is 9.84 Å².